The number of hydrogen-bond donors (Lipinski definition) is 2. The molecule has 1 fully saturated rings. The third-order valence-corrected chi connectivity index (χ3v) is 6.98. The van der Waals surface area contributed by atoms with E-state index in [1.807, 2.05) is 55.5 Å². The second-order valence-corrected chi connectivity index (χ2v) is 9.53. The molecule has 180 valence electrons. The number of anilines is 1. The highest BCUT2D eigenvalue weighted by Crippen LogP contribution is 2.29. The normalized spacial score (nSPS) is 15.4. The number of thiazole rings is 1. The minimum atomic E-state index is -0.428. The molecule has 0 radical (unpaired) electrons. The lowest BCUT2D eigenvalue weighted by molar-refractivity contribution is -0.124. The first-order valence-corrected chi connectivity index (χ1v) is 12.5. The van der Waals surface area contributed by atoms with Crippen molar-refractivity contribution in [3.05, 3.63) is 65.0 Å². The summed E-state index contributed by atoms with van der Waals surface area (Å²) in [6, 6.07) is 15.3. The van der Waals surface area contributed by atoms with Gasteiger partial charge in [0.05, 0.1) is 33.0 Å². The molecule has 1 saturated heterocycles. The van der Waals surface area contributed by atoms with E-state index in [1.54, 1.807) is 11.3 Å². The van der Waals surface area contributed by atoms with Crippen molar-refractivity contribution in [1.29, 1.82) is 0 Å². The molecule has 0 spiro atoms. The van der Waals surface area contributed by atoms with Gasteiger partial charge in [-0.05, 0) is 44.0 Å². The average molecular weight is 491 g/mol. The number of hydrogen-bond acceptors (Lipinski definition) is 7. The Morgan fingerprint density at radius 2 is 1.94 bits per heavy atom. The number of nitrogens with one attached hydrogen (secondary N) is 2. The van der Waals surface area contributed by atoms with Gasteiger partial charge in [0.25, 0.3) is 5.91 Å². The smallest absolute Gasteiger partial charge is 0.253 e. The standard InChI is InChI=1S/C26H26N4O4S/c1-16-20(15-27-23(31)12-13-24-28-19-9-4-5-11-22(19)35-24)30-26(34-16)17-7-2-3-8-18(17)29-25(32)21-10-6-14-33-21/h2-5,7-9,11,21H,6,10,12-15H2,1H3,(H,27,31)(H,29,32). The number of nitrogens with zero attached hydrogens (tertiary/aromatic N) is 2. The highest BCUT2D eigenvalue weighted by Gasteiger charge is 2.25. The van der Waals surface area contributed by atoms with Crippen molar-refractivity contribution < 1.29 is 18.7 Å². The van der Waals surface area contributed by atoms with E-state index in [0.29, 0.717) is 48.0 Å². The molecule has 3 heterocycles. The van der Waals surface area contributed by atoms with Crippen LogP contribution >= 0.6 is 11.3 Å². The van der Waals surface area contributed by atoms with Crippen molar-refractivity contribution >= 4 is 39.1 Å². The second-order valence-electron chi connectivity index (χ2n) is 8.41. The molecule has 5 rings (SSSR count). The zero-order valence-corrected chi connectivity index (χ0v) is 20.2. The lowest BCUT2D eigenvalue weighted by Crippen LogP contribution is -2.27. The first-order chi connectivity index (χ1) is 17.1. The summed E-state index contributed by atoms with van der Waals surface area (Å²) in [5.74, 6) is 0.771. The van der Waals surface area contributed by atoms with Crippen LogP contribution in [0.15, 0.2) is 52.9 Å². The number of benzene rings is 2. The van der Waals surface area contributed by atoms with Crippen LogP contribution in [0, 0.1) is 6.92 Å². The van der Waals surface area contributed by atoms with Crippen LogP contribution in [0.1, 0.15) is 35.7 Å². The Morgan fingerprint density at radius 3 is 2.77 bits per heavy atom. The van der Waals surface area contributed by atoms with Crippen molar-refractivity contribution in [2.75, 3.05) is 11.9 Å². The van der Waals surface area contributed by atoms with Crippen LogP contribution in [0.3, 0.4) is 0 Å². The van der Waals surface area contributed by atoms with Crippen LogP contribution < -0.4 is 10.6 Å². The summed E-state index contributed by atoms with van der Waals surface area (Å²) in [6.07, 6.45) is 2.11. The molecule has 4 aromatic rings. The maximum absolute atomic E-state index is 12.5. The fourth-order valence-electron chi connectivity index (χ4n) is 4.00. The van der Waals surface area contributed by atoms with Gasteiger partial charge in [-0.25, -0.2) is 9.97 Å². The summed E-state index contributed by atoms with van der Waals surface area (Å²) >= 11 is 1.61. The highest BCUT2D eigenvalue weighted by molar-refractivity contribution is 7.18. The van der Waals surface area contributed by atoms with E-state index in [4.69, 9.17) is 9.15 Å². The number of rotatable bonds is 8. The minimum Gasteiger partial charge on any atom is -0.441 e. The Kier molecular flexibility index (Phi) is 6.87. The van der Waals surface area contributed by atoms with Crippen molar-refractivity contribution in [3.63, 3.8) is 0 Å². The lowest BCUT2D eigenvalue weighted by atomic mass is 10.1. The SMILES string of the molecule is Cc1oc(-c2ccccc2NC(=O)C2CCCO2)nc1CNC(=O)CCc1nc2ccccc2s1. The van der Waals surface area contributed by atoms with E-state index < -0.39 is 6.10 Å². The number of carbonyl (C=O) groups is 2. The van der Waals surface area contributed by atoms with Crippen molar-refractivity contribution in [2.24, 2.45) is 0 Å². The Morgan fingerprint density at radius 1 is 1.11 bits per heavy atom. The van der Waals surface area contributed by atoms with Gasteiger partial charge in [-0.1, -0.05) is 24.3 Å². The summed E-state index contributed by atoms with van der Waals surface area (Å²) in [5, 5.41) is 6.80. The molecule has 2 aromatic heterocycles. The molecule has 0 bridgehead atoms. The summed E-state index contributed by atoms with van der Waals surface area (Å²) in [4.78, 5) is 34.1. The van der Waals surface area contributed by atoms with Crippen molar-refractivity contribution in [2.45, 2.75) is 45.3 Å². The minimum absolute atomic E-state index is 0.0718. The van der Waals surface area contributed by atoms with Crippen LogP contribution in [0.4, 0.5) is 5.69 Å². The first-order valence-electron chi connectivity index (χ1n) is 11.7. The molecule has 2 amide bonds. The van der Waals surface area contributed by atoms with E-state index in [0.717, 1.165) is 28.1 Å². The van der Waals surface area contributed by atoms with Crippen molar-refractivity contribution in [3.8, 4) is 11.5 Å². The monoisotopic (exact) mass is 490 g/mol. The third-order valence-electron chi connectivity index (χ3n) is 5.89. The molecule has 9 heteroatoms. The van der Waals surface area contributed by atoms with E-state index in [9.17, 15) is 9.59 Å². The molecule has 1 aliphatic heterocycles. The van der Waals surface area contributed by atoms with Crippen LogP contribution in [0.5, 0.6) is 0 Å². The molecule has 2 N–H and O–H groups in total. The van der Waals surface area contributed by atoms with Crippen LogP contribution in [-0.2, 0) is 27.3 Å². The lowest BCUT2D eigenvalue weighted by Gasteiger charge is -2.12. The van der Waals surface area contributed by atoms with Gasteiger partial charge in [0, 0.05) is 19.4 Å². The van der Waals surface area contributed by atoms with Gasteiger partial charge in [0.15, 0.2) is 0 Å². The zero-order valence-electron chi connectivity index (χ0n) is 19.4. The highest BCUT2D eigenvalue weighted by atomic mass is 32.1. The summed E-state index contributed by atoms with van der Waals surface area (Å²) < 4.78 is 12.5. The molecule has 1 atom stereocenters. The van der Waals surface area contributed by atoms with Crippen LogP contribution in [0.25, 0.3) is 21.7 Å². The van der Waals surface area contributed by atoms with Gasteiger partial charge in [0.1, 0.15) is 17.6 Å². The van der Waals surface area contributed by atoms with Gasteiger partial charge < -0.3 is 19.8 Å². The average Bonchev–Trinajstić information content (AvgIpc) is 3.61. The molecule has 1 unspecified atom stereocenters. The number of amides is 2. The first kappa shape index (κ1) is 23.2. The summed E-state index contributed by atoms with van der Waals surface area (Å²) in [5.41, 5.74) is 2.90. The Bertz CT molecular complexity index is 1320. The number of ether oxygens (including phenoxy) is 1. The zero-order chi connectivity index (χ0) is 24.2. The molecule has 0 saturated carbocycles. The number of para-hydroxylation sites is 2. The molecule has 1 aliphatic rings. The quantitative estimate of drug-likeness (QED) is 0.373. The van der Waals surface area contributed by atoms with E-state index in [2.05, 4.69) is 20.6 Å². The Hall–Kier alpha value is -3.56. The number of aromatic nitrogens is 2. The van der Waals surface area contributed by atoms with E-state index in [-0.39, 0.29) is 18.4 Å². The Balaban J connectivity index is 1.20. The van der Waals surface area contributed by atoms with Gasteiger partial charge in [-0.3, -0.25) is 9.59 Å². The van der Waals surface area contributed by atoms with Gasteiger partial charge in [0.2, 0.25) is 11.8 Å². The number of fused-ring (bicyclic) bond motifs is 1. The second kappa shape index (κ2) is 10.4. The maximum Gasteiger partial charge on any atom is 0.253 e. The molecular formula is C26H26N4O4S. The van der Waals surface area contributed by atoms with E-state index in [1.165, 1.54) is 0 Å². The van der Waals surface area contributed by atoms with Crippen LogP contribution in [0.2, 0.25) is 0 Å². The number of carbonyl (C=O) groups excluding carboxylic acids is 2. The topological polar surface area (TPSA) is 106 Å². The predicted octanol–water partition coefficient (Wildman–Crippen LogP) is 4.63. The fraction of sp³-hybridized carbons (Fsp3) is 0.308. The van der Waals surface area contributed by atoms with Gasteiger partial charge >= 0.3 is 0 Å². The summed E-state index contributed by atoms with van der Waals surface area (Å²) in [7, 11) is 0. The third kappa shape index (κ3) is 5.41. The fourth-order valence-corrected chi connectivity index (χ4v) is 4.97. The van der Waals surface area contributed by atoms with Gasteiger partial charge in [-0.2, -0.15) is 0 Å². The van der Waals surface area contributed by atoms with Crippen LogP contribution in [-0.4, -0.2) is 34.5 Å². The molecular weight excluding hydrogens is 464 g/mol. The number of aryl methyl sites for hydroxylation is 2. The van der Waals surface area contributed by atoms with Gasteiger partial charge in [-0.15, -0.1) is 11.3 Å². The summed E-state index contributed by atoms with van der Waals surface area (Å²) in [6.45, 7) is 2.68. The molecule has 2 aromatic carbocycles. The predicted molar refractivity (Wildman–Crippen MR) is 134 cm³/mol. The Labute approximate surface area is 206 Å². The number of oxazole rings is 1. The molecule has 8 nitrogen and oxygen atoms in total. The molecule has 35 heavy (non-hydrogen) atoms. The molecule has 0 aliphatic carbocycles. The van der Waals surface area contributed by atoms with Crippen molar-refractivity contribution in [1.82, 2.24) is 15.3 Å². The largest absolute Gasteiger partial charge is 0.441 e. The maximum atomic E-state index is 12.5. The van der Waals surface area contributed by atoms with E-state index >= 15 is 0 Å².